The Morgan fingerprint density at radius 3 is 1.04 bits per heavy atom. The summed E-state index contributed by atoms with van der Waals surface area (Å²) in [4.78, 5) is 23.4. The van der Waals surface area contributed by atoms with E-state index in [0.29, 0.717) is 13.2 Å². The van der Waals surface area contributed by atoms with Gasteiger partial charge in [-0.05, 0) is 83.2 Å². The van der Waals surface area contributed by atoms with E-state index in [2.05, 4.69) is 0 Å². The number of aliphatic hydroxyl groups is 7. The van der Waals surface area contributed by atoms with E-state index in [1.165, 1.54) is 7.11 Å². The van der Waals surface area contributed by atoms with Crippen molar-refractivity contribution in [1.82, 2.24) is 0 Å². The van der Waals surface area contributed by atoms with E-state index in [0.717, 1.165) is 27.8 Å². The molecule has 9 unspecified atom stereocenters. The fraction of sp³-hybridized carbons (Fsp3) is 0.551. The van der Waals surface area contributed by atoms with Gasteiger partial charge in [0, 0.05) is 0 Å². The van der Waals surface area contributed by atoms with Crippen LogP contribution in [0.25, 0.3) is 0 Å². The number of nitrogens with zero attached hydrogens (tertiary/aromatic N) is 3. The third-order valence-electron chi connectivity index (χ3n) is 18.4. The molecule has 14 rings (SSSR count). The molecule has 9 aliphatic heterocycles. The number of carbonyl (C=O) groups excluding carboxylic acids is 2. The van der Waals surface area contributed by atoms with Crippen molar-refractivity contribution in [3.8, 4) is 18.2 Å². The number of carbonyl (C=O) groups is 2. The molecule has 596 valence electrons. The second-order valence-corrected chi connectivity index (χ2v) is 28.6. The number of rotatable bonds is 18. The Morgan fingerprint density at radius 2 is 0.691 bits per heavy atom. The zero-order valence-corrected chi connectivity index (χ0v) is 62.0. The summed E-state index contributed by atoms with van der Waals surface area (Å²) in [7, 11) is 1.24. The average molecular weight is 1540 g/mol. The van der Waals surface area contributed by atoms with E-state index >= 15 is 0 Å². The summed E-state index contributed by atoms with van der Waals surface area (Å²) < 4.78 is 106. The van der Waals surface area contributed by atoms with Gasteiger partial charge in [-0.25, -0.2) is 4.79 Å². The highest BCUT2D eigenvalue weighted by atomic mass is 16.9. The minimum Gasteiger partial charge on any atom is -0.467 e. The maximum Gasteiger partial charge on any atom is 0.337 e. The van der Waals surface area contributed by atoms with Gasteiger partial charge in [-0.15, -0.1) is 0 Å². The number of ether oxygens (including phenoxy) is 19. The molecule has 0 bridgehead atoms. The van der Waals surface area contributed by atoms with Crippen LogP contribution in [-0.2, 0) is 133 Å². The van der Waals surface area contributed by atoms with Crippen molar-refractivity contribution in [2.24, 2.45) is 5.73 Å². The summed E-state index contributed by atoms with van der Waals surface area (Å²) in [5.41, 5.74) is 10.0. The van der Waals surface area contributed by atoms with Crippen LogP contribution in [0.2, 0.25) is 0 Å². The first-order valence-corrected chi connectivity index (χ1v) is 35.7. The van der Waals surface area contributed by atoms with Crippen molar-refractivity contribution in [3.05, 3.63) is 179 Å². The molecule has 0 aromatic heterocycles. The van der Waals surface area contributed by atoms with E-state index in [-0.39, 0.29) is 19.8 Å². The first kappa shape index (κ1) is 84.9. The second-order valence-electron chi connectivity index (χ2n) is 28.6. The number of primary amides is 1. The van der Waals surface area contributed by atoms with Gasteiger partial charge in [0.05, 0.1) is 58.4 Å². The van der Waals surface area contributed by atoms with Crippen LogP contribution in [-0.4, -0.2) is 231 Å². The lowest BCUT2D eigenvalue weighted by molar-refractivity contribution is -0.280. The van der Waals surface area contributed by atoms with Crippen LogP contribution in [0.5, 0.6) is 0 Å². The molecule has 32 nitrogen and oxygen atoms in total. The molecule has 1 amide bonds. The standard InChI is InChI=1S/C17H22O7.C16H21NO6.2C16H19NO5.C13H15NO5/c1-17(2)23-14-12(21-9-10-7-5-4-6-8-10)11(18)13(15(19)20-3)22-16(14)24-17;1-16(2)22-13-11(20-8-9-6-4-3-5-7-9)10(18)12(14(17)19)21-15(13)23-16;1-16(2)21-14-13(19-9-10-6-4-3-5-7-10)12(18)11(8-17)20-15(14)22-16;1-16(2)21-14-13(19-9-10-6-4-3-5-7-10)12(11(18)8-17)20-15(14)22-16;14-6-9-10(15)12(11(16)13(17)19-9)18-7-8-4-2-1-3-5-8/h4-8,11-14,16,18H,9H2,1-3H3;3-7,10-13,15,18H,8H2,1-2H3,(H2,17,19);2*3-7,11-15,18H,9H2,1-2H3;1-5,9-13,15-17H,7H2/t11-,12+,13?,14?,16-;10-,11+,12?,13?,15-;11?,12-,13-,14?,15+;11-,12+,13+,14?,15+;9?,10-,11?,12-,13-/m00101/s1. The van der Waals surface area contributed by atoms with Gasteiger partial charge in [0.25, 0.3) is 0 Å². The summed E-state index contributed by atoms with van der Waals surface area (Å²) in [5.74, 6) is -4.84. The van der Waals surface area contributed by atoms with Crippen molar-refractivity contribution in [1.29, 1.82) is 15.8 Å². The number of amides is 1. The molecule has 9 N–H and O–H groups in total. The van der Waals surface area contributed by atoms with Gasteiger partial charge < -0.3 is 131 Å². The van der Waals surface area contributed by atoms with Crippen LogP contribution >= 0.6 is 0 Å². The van der Waals surface area contributed by atoms with Gasteiger partial charge in [-0.2, -0.15) is 15.8 Å². The Morgan fingerprint density at radius 1 is 0.400 bits per heavy atom. The Kier molecular flexibility index (Phi) is 29.3. The SMILES string of the molecule is CC1(C)OC2[C@@H](OC(C#N)[C@@H](O)[C@H]2OCc2ccccc2)O1.CC1(C)OC2[C@@H](OC(C(N)=O)[C@@H](O)[C@H]2OCc2ccccc2)O1.CC1(C)OC2[C@H](O[C@H]([C@@H](O)C#N)[C@H]2OCc2ccccc2)O1.COC(=O)C1O[C@H]2OC(C)(C)OC2[C@H](OCc2ccccc2)[C@@H]1O.N#CC1O[C@@H](O)C(O)[C@H](OCc2ccccc2)[C@@H]1O. The number of hydrogen-bond acceptors (Lipinski definition) is 31. The minimum absolute atomic E-state index is 0.157. The maximum atomic E-state index is 11.9. The fourth-order valence-electron chi connectivity index (χ4n) is 13.3. The number of aliphatic hydroxyl groups excluding tert-OH is 7. The van der Waals surface area contributed by atoms with E-state index < -0.39 is 189 Å². The molecule has 25 atom stereocenters. The van der Waals surface area contributed by atoms with Crippen molar-refractivity contribution in [2.75, 3.05) is 7.11 Å². The van der Waals surface area contributed by atoms with Gasteiger partial charge in [0.1, 0.15) is 91.6 Å². The molecule has 5 aromatic rings. The molecule has 9 heterocycles. The lowest BCUT2D eigenvalue weighted by atomic mass is 9.98. The van der Waals surface area contributed by atoms with E-state index in [4.69, 9.17) is 112 Å². The molecule has 0 radical (unpaired) electrons. The number of hydrogen-bond donors (Lipinski definition) is 8. The number of methoxy groups -OCH3 is 1. The zero-order valence-electron chi connectivity index (χ0n) is 62.0. The van der Waals surface area contributed by atoms with E-state index in [1.54, 1.807) is 67.5 Å². The monoisotopic (exact) mass is 1540 g/mol. The van der Waals surface area contributed by atoms with Crippen molar-refractivity contribution >= 4 is 11.9 Å². The highest BCUT2D eigenvalue weighted by Crippen LogP contribution is 2.43. The van der Waals surface area contributed by atoms with Gasteiger partial charge in [-0.3, -0.25) is 4.79 Å². The predicted molar refractivity (Wildman–Crippen MR) is 375 cm³/mol. The summed E-state index contributed by atoms with van der Waals surface area (Å²) in [6.07, 6.45) is -23.7. The van der Waals surface area contributed by atoms with Gasteiger partial charge in [0.2, 0.25) is 5.91 Å². The number of fused-ring (bicyclic) bond motifs is 4. The molecule has 9 fully saturated rings. The fourth-order valence-corrected chi connectivity index (χ4v) is 13.3. The zero-order chi connectivity index (χ0) is 79.2. The van der Waals surface area contributed by atoms with E-state index in [1.807, 2.05) is 158 Å². The van der Waals surface area contributed by atoms with Crippen LogP contribution in [0.1, 0.15) is 83.2 Å². The number of esters is 1. The quantitative estimate of drug-likeness (QED) is 0.0460. The lowest BCUT2D eigenvalue weighted by Gasteiger charge is -2.38. The summed E-state index contributed by atoms with van der Waals surface area (Å²) in [5, 5.41) is 97.0. The molecule has 110 heavy (non-hydrogen) atoms. The summed E-state index contributed by atoms with van der Waals surface area (Å²) in [6.45, 7) is 15.4. The molecule has 9 saturated heterocycles. The van der Waals surface area contributed by atoms with Crippen LogP contribution in [0.3, 0.4) is 0 Å². The number of nitriles is 3. The molecule has 0 aliphatic carbocycles. The Hall–Kier alpha value is -7.49. The smallest absolute Gasteiger partial charge is 0.337 e. The van der Waals surface area contributed by atoms with Gasteiger partial charge in [0.15, 0.2) is 85.1 Å². The molecular formula is C78H96N4O28. The summed E-state index contributed by atoms with van der Waals surface area (Å²) >= 11 is 0. The average Bonchev–Trinajstić information content (AvgIpc) is 1.63. The maximum absolute atomic E-state index is 11.9. The first-order valence-electron chi connectivity index (χ1n) is 35.7. The van der Waals surface area contributed by atoms with Crippen molar-refractivity contribution < 1.29 is 135 Å². The molecule has 0 saturated carbocycles. The Balaban J connectivity index is 0.000000147. The second kappa shape index (κ2) is 37.9. The highest BCUT2D eigenvalue weighted by Gasteiger charge is 2.61. The molecule has 0 spiro atoms. The molecule has 9 aliphatic rings. The molecular weight excluding hydrogens is 1440 g/mol. The normalized spacial score (nSPS) is 35.1. The van der Waals surface area contributed by atoms with Crippen LogP contribution in [0.15, 0.2) is 152 Å². The third-order valence-corrected chi connectivity index (χ3v) is 18.4. The first-order chi connectivity index (χ1) is 52.4. The van der Waals surface area contributed by atoms with Crippen LogP contribution < -0.4 is 5.73 Å². The third kappa shape index (κ3) is 21.8. The van der Waals surface area contributed by atoms with Crippen molar-refractivity contribution in [3.63, 3.8) is 0 Å². The van der Waals surface area contributed by atoms with E-state index in [9.17, 15) is 45.3 Å². The highest BCUT2D eigenvalue weighted by molar-refractivity contribution is 5.79. The largest absolute Gasteiger partial charge is 0.467 e. The topological polar surface area (TPSA) is 449 Å². The molecule has 32 heteroatoms. The van der Waals surface area contributed by atoms with Crippen LogP contribution in [0.4, 0.5) is 0 Å². The van der Waals surface area contributed by atoms with Crippen molar-refractivity contribution in [2.45, 2.75) is 265 Å². The van der Waals surface area contributed by atoms with Crippen LogP contribution in [0, 0.1) is 34.0 Å². The number of nitrogens with two attached hydrogens (primary N) is 1. The minimum atomic E-state index is -1.55. The Labute approximate surface area is 636 Å². The predicted octanol–water partition coefficient (Wildman–Crippen LogP) is 3.48. The van der Waals surface area contributed by atoms with Gasteiger partial charge >= 0.3 is 5.97 Å². The number of benzene rings is 5. The summed E-state index contributed by atoms with van der Waals surface area (Å²) in [6, 6.07) is 52.9. The lowest BCUT2D eigenvalue weighted by Crippen LogP contribution is -2.60. The molecule has 5 aromatic carbocycles. The van der Waals surface area contributed by atoms with Gasteiger partial charge in [-0.1, -0.05) is 152 Å². The Bertz CT molecular complexity index is 3800.